The van der Waals surface area contributed by atoms with Crippen molar-refractivity contribution >= 4 is 52.5 Å². The van der Waals surface area contributed by atoms with Crippen LogP contribution in [0.3, 0.4) is 0 Å². The van der Waals surface area contributed by atoms with Gasteiger partial charge in [-0.1, -0.05) is 0 Å². The lowest BCUT2D eigenvalue weighted by molar-refractivity contribution is -0.138. The quantitative estimate of drug-likeness (QED) is 0.181. The van der Waals surface area contributed by atoms with Gasteiger partial charge in [-0.25, -0.2) is 9.97 Å². The molecular formula is C39H47F3N8O6S. The van der Waals surface area contributed by atoms with E-state index in [9.17, 15) is 32.3 Å². The second-order valence-corrected chi connectivity index (χ2v) is 16.1. The van der Waals surface area contributed by atoms with Crippen LogP contribution < -0.4 is 15.5 Å². The number of carbonyl (C=O) groups excluding carboxylic acids is 4. The summed E-state index contributed by atoms with van der Waals surface area (Å²) in [5, 5.41) is 14.5. The number of carbonyl (C=O) groups is 4. The Morgan fingerprint density at radius 1 is 1.04 bits per heavy atom. The van der Waals surface area contributed by atoms with Gasteiger partial charge in [0.15, 0.2) is 10.8 Å². The number of amides is 4. The number of likely N-dealkylation sites (tertiary alicyclic amines) is 1. The van der Waals surface area contributed by atoms with Gasteiger partial charge in [0, 0.05) is 30.7 Å². The molecule has 4 fully saturated rings. The molecule has 2 N–H and O–H groups in total. The number of hydrogen-bond acceptors (Lipinski definition) is 11. The van der Waals surface area contributed by atoms with Gasteiger partial charge < -0.3 is 19.7 Å². The molecule has 306 valence electrons. The molecule has 4 atom stereocenters. The predicted molar refractivity (Wildman–Crippen MR) is 205 cm³/mol. The number of halogens is 3. The van der Waals surface area contributed by atoms with Crippen molar-refractivity contribution in [1.29, 1.82) is 5.26 Å². The highest BCUT2D eigenvalue weighted by Crippen LogP contribution is 2.40. The number of anilines is 2. The molecule has 6 rings (SSSR count). The van der Waals surface area contributed by atoms with Crippen molar-refractivity contribution in [1.82, 2.24) is 25.1 Å². The molecule has 4 aliphatic rings. The Labute approximate surface area is 334 Å². The number of pyridine rings is 2. The Balaban J connectivity index is 0.929. The smallest absolute Gasteiger partial charge is 0.376 e. The third-order valence-electron chi connectivity index (χ3n) is 11.4. The Morgan fingerprint density at radius 2 is 1.70 bits per heavy atom. The Kier molecular flexibility index (Phi) is 12.6. The number of nitrogens with one attached hydrogen (secondary N) is 2. The minimum atomic E-state index is -4.83. The zero-order valence-electron chi connectivity index (χ0n) is 32.3. The maximum absolute atomic E-state index is 13.7. The van der Waals surface area contributed by atoms with E-state index < -0.39 is 34.8 Å². The van der Waals surface area contributed by atoms with Crippen molar-refractivity contribution < 1.29 is 41.8 Å². The van der Waals surface area contributed by atoms with Gasteiger partial charge in [-0.3, -0.25) is 34.3 Å². The first-order valence-electron chi connectivity index (χ1n) is 19.2. The number of rotatable bonds is 11. The number of alkyl halides is 3. The number of nitriles is 1. The molecule has 2 aromatic rings. The van der Waals surface area contributed by atoms with Gasteiger partial charge in [0.1, 0.15) is 17.4 Å². The number of nitrogens with zero attached hydrogens (tertiary/aromatic N) is 6. The summed E-state index contributed by atoms with van der Waals surface area (Å²) >= 11 is 5.69. The standard InChI is InChI=1S/C39H47F3N8O6S/c1-22-15-28(16-23(2)48(22)21-34(52)46-32-17-24(11-12-44-32)29-9-10-33(51)47-35(29)53)56-14-13-55-27-7-5-25(6-8-27)50-37(57)49(36(54)38(50,3)4)26-18-30(39(40,41)42)31(19-43)45-20-26/h11-12,17-18,20,22-23,25,27-29H,5-10,13-16,21H2,1-4H3,(H,44,46,52)(H,47,51,53)/t22-,23+,25-,27-,28+,29?. The molecule has 0 bridgehead atoms. The second-order valence-electron chi connectivity index (χ2n) is 15.7. The number of thiocarbonyl (C=S) groups is 1. The second kappa shape index (κ2) is 17.1. The molecule has 5 heterocycles. The van der Waals surface area contributed by atoms with Gasteiger partial charge in [0.2, 0.25) is 17.7 Å². The highest BCUT2D eigenvalue weighted by Gasteiger charge is 2.53. The largest absolute Gasteiger partial charge is 0.419 e. The zero-order chi connectivity index (χ0) is 41.2. The summed E-state index contributed by atoms with van der Waals surface area (Å²) in [4.78, 5) is 63.4. The lowest BCUT2D eigenvalue weighted by atomic mass is 9.89. The van der Waals surface area contributed by atoms with Crippen molar-refractivity contribution in [2.24, 2.45) is 0 Å². The highest BCUT2D eigenvalue weighted by atomic mass is 32.1. The summed E-state index contributed by atoms with van der Waals surface area (Å²) in [5.74, 6) is -1.44. The van der Waals surface area contributed by atoms with Gasteiger partial charge in [0.25, 0.3) is 5.91 Å². The lowest BCUT2D eigenvalue weighted by Gasteiger charge is -2.42. The lowest BCUT2D eigenvalue weighted by Crippen LogP contribution is -2.51. The monoisotopic (exact) mass is 812 g/mol. The number of imide groups is 1. The SMILES string of the molecule is C[C@@H]1C[C@H](OCCO[C@H]2CC[C@H](N3C(=S)N(c4cnc(C#N)c(C(F)(F)F)c4)C(=O)C3(C)C)CC2)C[C@H](C)N1CC(=O)Nc1cc(C2CCC(=O)NC2=O)ccn1. The number of hydrogen-bond donors (Lipinski definition) is 2. The average Bonchev–Trinajstić information content (AvgIpc) is 3.33. The number of ether oxygens (including phenoxy) is 2. The molecule has 3 aliphatic heterocycles. The van der Waals surface area contributed by atoms with Crippen LogP contribution in [0.25, 0.3) is 0 Å². The van der Waals surface area contributed by atoms with E-state index in [1.807, 2.05) is 4.90 Å². The normalized spacial score (nSPS) is 27.0. The Hall–Kier alpha value is -4.57. The summed E-state index contributed by atoms with van der Waals surface area (Å²) in [5.41, 5.74) is -2.54. The molecule has 4 amide bonds. The van der Waals surface area contributed by atoms with Crippen LogP contribution in [0, 0.1) is 11.3 Å². The fourth-order valence-electron chi connectivity index (χ4n) is 8.53. The summed E-state index contributed by atoms with van der Waals surface area (Å²) < 4.78 is 53.4. The van der Waals surface area contributed by atoms with E-state index in [1.165, 1.54) is 6.07 Å². The maximum atomic E-state index is 13.7. The summed E-state index contributed by atoms with van der Waals surface area (Å²) in [7, 11) is 0. The van der Waals surface area contributed by atoms with Crippen LogP contribution in [0.15, 0.2) is 30.6 Å². The fraction of sp³-hybridized carbons (Fsp3) is 0.590. The summed E-state index contributed by atoms with van der Waals surface area (Å²) in [6.07, 6.45) is 2.64. The van der Waals surface area contributed by atoms with E-state index in [1.54, 1.807) is 32.2 Å². The van der Waals surface area contributed by atoms with Crippen molar-refractivity contribution in [2.75, 3.05) is 30.0 Å². The minimum absolute atomic E-state index is 0.00192. The van der Waals surface area contributed by atoms with Gasteiger partial charge in [-0.2, -0.15) is 18.4 Å². The fourth-order valence-corrected chi connectivity index (χ4v) is 9.10. The van der Waals surface area contributed by atoms with Gasteiger partial charge in [-0.05, 0) is 109 Å². The van der Waals surface area contributed by atoms with E-state index in [2.05, 4.69) is 39.3 Å². The Bertz CT molecular complexity index is 1920. The number of piperidine rings is 2. The van der Waals surface area contributed by atoms with Crippen molar-refractivity contribution in [2.45, 2.75) is 127 Å². The van der Waals surface area contributed by atoms with E-state index in [4.69, 9.17) is 27.0 Å². The van der Waals surface area contributed by atoms with Crippen molar-refractivity contribution in [3.05, 3.63) is 47.4 Å². The molecule has 14 nitrogen and oxygen atoms in total. The van der Waals surface area contributed by atoms with Crippen molar-refractivity contribution in [3.63, 3.8) is 0 Å². The van der Waals surface area contributed by atoms with Crippen LogP contribution in [0.1, 0.15) is 102 Å². The molecular weight excluding hydrogens is 766 g/mol. The Morgan fingerprint density at radius 3 is 2.33 bits per heavy atom. The van der Waals surface area contributed by atoms with Gasteiger partial charge >= 0.3 is 6.18 Å². The van der Waals surface area contributed by atoms with E-state index in [0.717, 1.165) is 30.0 Å². The van der Waals surface area contributed by atoms with Crippen LogP contribution in [0.5, 0.6) is 0 Å². The van der Waals surface area contributed by atoms with Crippen LogP contribution in [-0.4, -0.2) is 104 Å². The van der Waals surface area contributed by atoms with Gasteiger partial charge in [-0.15, -0.1) is 0 Å². The topological polar surface area (TPSA) is 170 Å². The molecule has 57 heavy (non-hydrogen) atoms. The molecule has 18 heteroatoms. The van der Waals surface area contributed by atoms with Gasteiger partial charge in [0.05, 0.1) is 55.3 Å². The molecule has 1 aliphatic carbocycles. The highest BCUT2D eigenvalue weighted by molar-refractivity contribution is 7.80. The van der Waals surface area contributed by atoms with E-state index in [0.29, 0.717) is 56.7 Å². The van der Waals surface area contributed by atoms with Crippen LogP contribution in [-0.2, 0) is 34.8 Å². The third kappa shape index (κ3) is 9.27. The van der Waals surface area contributed by atoms with E-state index in [-0.39, 0.29) is 71.8 Å². The zero-order valence-corrected chi connectivity index (χ0v) is 33.1. The van der Waals surface area contributed by atoms with Crippen LogP contribution in [0.4, 0.5) is 24.7 Å². The molecule has 1 unspecified atom stereocenters. The molecule has 0 radical (unpaired) electrons. The first-order chi connectivity index (χ1) is 27.0. The van der Waals surface area contributed by atoms with Crippen molar-refractivity contribution in [3.8, 4) is 6.07 Å². The van der Waals surface area contributed by atoms with Crippen LogP contribution >= 0.6 is 12.2 Å². The maximum Gasteiger partial charge on any atom is 0.419 e. The van der Waals surface area contributed by atoms with E-state index >= 15 is 0 Å². The summed E-state index contributed by atoms with van der Waals surface area (Å²) in [6, 6.07) is 5.63. The average molecular weight is 813 g/mol. The third-order valence-corrected chi connectivity index (χ3v) is 11.8. The van der Waals surface area contributed by atoms with Crippen LogP contribution in [0.2, 0.25) is 0 Å². The minimum Gasteiger partial charge on any atom is -0.376 e. The number of aromatic nitrogens is 2. The predicted octanol–water partition coefficient (Wildman–Crippen LogP) is 4.82. The molecule has 2 aromatic heterocycles. The first-order valence-corrected chi connectivity index (χ1v) is 19.6. The summed E-state index contributed by atoms with van der Waals surface area (Å²) in [6.45, 7) is 8.52. The molecule has 0 aromatic carbocycles. The molecule has 0 spiro atoms. The molecule has 3 saturated heterocycles. The first kappa shape index (κ1) is 42.0. The molecule has 1 saturated carbocycles.